The Morgan fingerprint density at radius 1 is 1.13 bits per heavy atom. The number of hydrogen-bond donors (Lipinski definition) is 4. The normalized spacial score (nSPS) is 25.6. The molecule has 0 aromatic heterocycles. The van der Waals surface area contributed by atoms with Crippen LogP contribution in [0.4, 0.5) is 11.4 Å². The zero-order valence-electron chi connectivity index (χ0n) is 27.4. The fraction of sp³-hybridized carbons (Fsp3) is 0.417. The number of fused-ring (bicyclic) bond motifs is 3. The molecule has 3 heterocycles. The number of carbonyl (C=O) groups excluding carboxylic acids is 3. The molecule has 6 atom stereocenters. The molecular formula is C36H43N3O7Si. The highest BCUT2D eigenvalue weighted by molar-refractivity contribution is 6.91. The van der Waals surface area contributed by atoms with Gasteiger partial charge in [-0.2, -0.15) is 0 Å². The van der Waals surface area contributed by atoms with Crippen molar-refractivity contribution in [3.8, 4) is 5.75 Å². The highest BCUT2D eigenvalue weighted by atomic mass is 28.3. The van der Waals surface area contributed by atoms with E-state index in [0.717, 1.165) is 22.1 Å². The van der Waals surface area contributed by atoms with E-state index in [4.69, 9.17) is 9.47 Å². The number of benzene rings is 3. The van der Waals surface area contributed by atoms with Crippen LogP contribution < -0.4 is 20.6 Å². The number of anilines is 2. The Kier molecular flexibility index (Phi) is 8.77. The van der Waals surface area contributed by atoms with Crippen molar-refractivity contribution in [3.05, 3.63) is 83.4 Å². The van der Waals surface area contributed by atoms with Crippen molar-refractivity contribution in [3.63, 3.8) is 0 Å². The van der Waals surface area contributed by atoms with Crippen LogP contribution in [0.25, 0.3) is 0 Å². The zero-order chi connectivity index (χ0) is 33.7. The number of methoxy groups -OCH3 is 1. The van der Waals surface area contributed by atoms with E-state index in [1.54, 1.807) is 30.2 Å². The molecule has 47 heavy (non-hydrogen) atoms. The van der Waals surface area contributed by atoms with E-state index in [1.807, 2.05) is 43.3 Å². The molecule has 1 spiro atoms. The molecule has 3 aliphatic rings. The molecule has 3 aromatic carbocycles. The van der Waals surface area contributed by atoms with Crippen molar-refractivity contribution in [2.75, 3.05) is 24.4 Å². The van der Waals surface area contributed by atoms with E-state index in [9.17, 15) is 24.6 Å². The molecule has 3 amide bonds. The summed E-state index contributed by atoms with van der Waals surface area (Å²) < 4.78 is 12.4. The van der Waals surface area contributed by atoms with Gasteiger partial charge in [0.15, 0.2) is 5.60 Å². The number of aliphatic hydroxyl groups is 2. The molecule has 248 valence electrons. The van der Waals surface area contributed by atoms with Gasteiger partial charge in [-0.3, -0.25) is 14.4 Å². The summed E-state index contributed by atoms with van der Waals surface area (Å²) in [5, 5.41) is 27.0. The monoisotopic (exact) mass is 657 g/mol. The minimum atomic E-state index is -2.49. The summed E-state index contributed by atoms with van der Waals surface area (Å²) in [6.07, 6.45) is -1.20. The Labute approximate surface area is 276 Å². The largest absolute Gasteiger partial charge is 0.497 e. The van der Waals surface area contributed by atoms with Gasteiger partial charge in [0, 0.05) is 29.4 Å². The summed E-state index contributed by atoms with van der Waals surface area (Å²) in [5.74, 6) is -0.599. The van der Waals surface area contributed by atoms with Crippen LogP contribution in [0.1, 0.15) is 37.0 Å². The number of rotatable bonds is 8. The molecule has 0 saturated carbocycles. The zero-order valence-corrected chi connectivity index (χ0v) is 28.4. The molecule has 11 heteroatoms. The Balaban J connectivity index is 1.40. The first-order valence-electron chi connectivity index (χ1n) is 16.1. The topological polar surface area (TPSA) is 137 Å². The van der Waals surface area contributed by atoms with Gasteiger partial charge in [0.25, 0.3) is 11.8 Å². The Morgan fingerprint density at radius 2 is 1.83 bits per heavy atom. The average Bonchev–Trinajstić information content (AvgIpc) is 3.52. The third-order valence-electron chi connectivity index (χ3n) is 10.5. The fourth-order valence-electron chi connectivity index (χ4n) is 7.99. The van der Waals surface area contributed by atoms with Gasteiger partial charge >= 0.3 is 0 Å². The molecule has 0 radical (unpaired) electrons. The fourth-order valence-corrected chi connectivity index (χ4v) is 12.0. The summed E-state index contributed by atoms with van der Waals surface area (Å²) in [4.78, 5) is 42.5. The van der Waals surface area contributed by atoms with E-state index >= 15 is 0 Å². The lowest BCUT2D eigenvalue weighted by Crippen LogP contribution is -2.52. The second kappa shape index (κ2) is 12.5. The highest BCUT2D eigenvalue weighted by Crippen LogP contribution is 2.59. The van der Waals surface area contributed by atoms with Crippen molar-refractivity contribution >= 4 is 42.4 Å². The quantitative estimate of drug-likeness (QED) is 0.272. The highest BCUT2D eigenvalue weighted by Gasteiger charge is 2.65. The van der Waals surface area contributed by atoms with Gasteiger partial charge in [0.2, 0.25) is 5.91 Å². The first-order chi connectivity index (χ1) is 22.4. The molecule has 0 bridgehead atoms. The van der Waals surface area contributed by atoms with E-state index in [-0.39, 0.29) is 42.3 Å². The molecule has 6 rings (SSSR count). The number of nitrogens with one attached hydrogen (secondary N) is 2. The second-order valence-corrected chi connectivity index (χ2v) is 18.3. The first kappa shape index (κ1) is 32.9. The molecule has 10 nitrogen and oxygen atoms in total. The minimum absolute atomic E-state index is 0.0447. The lowest BCUT2D eigenvalue weighted by atomic mass is 9.82. The third kappa shape index (κ3) is 5.65. The maximum atomic E-state index is 14.3. The molecule has 3 aromatic rings. The smallest absolute Gasteiger partial charge is 0.261 e. The summed E-state index contributed by atoms with van der Waals surface area (Å²) in [6.45, 7) is 8.15. The van der Waals surface area contributed by atoms with Crippen LogP contribution in [0.3, 0.4) is 0 Å². The van der Waals surface area contributed by atoms with Crippen molar-refractivity contribution in [1.82, 2.24) is 4.90 Å². The molecule has 1 fully saturated rings. The lowest BCUT2D eigenvalue weighted by Gasteiger charge is -2.39. The number of hydrogen-bond acceptors (Lipinski definition) is 7. The predicted octanol–water partition coefficient (Wildman–Crippen LogP) is 3.52. The molecule has 3 aliphatic heterocycles. The van der Waals surface area contributed by atoms with Crippen molar-refractivity contribution in [2.24, 2.45) is 5.92 Å². The SMILES string of the molecule is COc1ccc([Si](C)(C)[C@H]2[C@H](CC(=O)N3Cc4ccccc4C[C@H]3CO)O[C@@]3(C(=O)Nc4ccc(NC(=O)[C@H](C)O)cc43)[C@@H]2C)cc1. The van der Waals surface area contributed by atoms with Crippen LogP contribution in [0.2, 0.25) is 18.6 Å². The molecule has 0 aliphatic carbocycles. The summed E-state index contributed by atoms with van der Waals surface area (Å²) >= 11 is 0. The number of carbonyl (C=O) groups is 3. The van der Waals surface area contributed by atoms with Crippen LogP contribution in [0.15, 0.2) is 66.7 Å². The van der Waals surface area contributed by atoms with E-state index < -0.39 is 31.8 Å². The summed E-state index contributed by atoms with van der Waals surface area (Å²) in [6, 6.07) is 20.8. The lowest BCUT2D eigenvalue weighted by molar-refractivity contribution is -0.149. The van der Waals surface area contributed by atoms with Crippen molar-refractivity contribution in [2.45, 2.75) is 75.7 Å². The van der Waals surface area contributed by atoms with E-state index in [2.05, 4.69) is 35.9 Å². The van der Waals surface area contributed by atoms with Crippen LogP contribution >= 0.6 is 0 Å². The maximum Gasteiger partial charge on any atom is 0.261 e. The van der Waals surface area contributed by atoms with Crippen molar-refractivity contribution < 1.29 is 34.1 Å². The molecule has 4 N–H and O–H groups in total. The first-order valence-corrected chi connectivity index (χ1v) is 19.2. The van der Waals surface area contributed by atoms with Gasteiger partial charge < -0.3 is 35.2 Å². The summed E-state index contributed by atoms with van der Waals surface area (Å²) in [5.41, 5.74) is 2.22. The van der Waals surface area contributed by atoms with Gasteiger partial charge in [0.05, 0.1) is 40.4 Å². The van der Waals surface area contributed by atoms with Gasteiger partial charge in [0.1, 0.15) is 11.9 Å². The van der Waals surface area contributed by atoms with Gasteiger partial charge in [-0.15, -0.1) is 0 Å². The van der Waals surface area contributed by atoms with E-state index in [0.29, 0.717) is 29.9 Å². The predicted molar refractivity (Wildman–Crippen MR) is 181 cm³/mol. The number of ether oxygens (including phenoxy) is 2. The Morgan fingerprint density at radius 3 is 2.49 bits per heavy atom. The average molecular weight is 658 g/mol. The van der Waals surface area contributed by atoms with Crippen molar-refractivity contribution in [1.29, 1.82) is 0 Å². The van der Waals surface area contributed by atoms with Gasteiger partial charge in [-0.05, 0) is 60.3 Å². The standard InChI is InChI=1S/C36H43N3O7Si/c1-21-33(47(4,5)28-13-11-27(45-3)12-14-28)31(18-32(42)39-19-24-9-7-6-8-23(24)16-26(39)20-40)46-36(21)29-17-25(37-34(43)22(2)41)10-15-30(29)38-35(36)44/h6-15,17,21-22,26,31,33,40-41H,16,18-20H2,1-5H3,(H,37,43)(H,38,44)/t21-,22+,26+,31+,33-,36+/m1/s1. The summed E-state index contributed by atoms with van der Waals surface area (Å²) in [7, 11) is -0.863. The molecular weight excluding hydrogens is 614 g/mol. The second-order valence-electron chi connectivity index (χ2n) is 13.6. The van der Waals surface area contributed by atoms with Gasteiger partial charge in [-0.25, -0.2) is 0 Å². The minimum Gasteiger partial charge on any atom is -0.497 e. The maximum absolute atomic E-state index is 14.3. The van der Waals surface area contributed by atoms with Crippen LogP contribution in [-0.4, -0.2) is 72.9 Å². The number of amides is 3. The Hall–Kier alpha value is -4.03. The number of nitrogens with zero attached hydrogens (tertiary/aromatic N) is 1. The molecule has 0 unspecified atom stereocenters. The van der Waals surface area contributed by atoms with Gasteiger partial charge in [-0.1, -0.05) is 61.6 Å². The van der Waals surface area contributed by atoms with E-state index in [1.165, 1.54) is 6.92 Å². The van der Waals surface area contributed by atoms with Crippen LogP contribution in [0.5, 0.6) is 5.75 Å². The molecule has 1 saturated heterocycles. The Bertz CT molecular complexity index is 1690. The number of aliphatic hydroxyl groups excluding tert-OH is 2. The third-order valence-corrected chi connectivity index (χ3v) is 14.9. The van der Waals surface area contributed by atoms with Crippen LogP contribution in [-0.2, 0) is 37.7 Å². The van der Waals surface area contributed by atoms with Crippen LogP contribution in [0, 0.1) is 5.92 Å².